The minimum Gasteiger partial charge on any atom is -0.391 e. The molecule has 0 spiro atoms. The molecule has 0 aliphatic carbocycles. The Morgan fingerprint density at radius 1 is 1.03 bits per heavy atom. The molecular formula is C26H33N3O2. The molecule has 2 aromatic carbocycles. The summed E-state index contributed by atoms with van der Waals surface area (Å²) in [6.45, 7) is 6.48. The van der Waals surface area contributed by atoms with Crippen LogP contribution in [0.5, 0.6) is 0 Å². The first kappa shape index (κ1) is 21.6. The van der Waals surface area contributed by atoms with Gasteiger partial charge in [-0.2, -0.15) is 0 Å². The van der Waals surface area contributed by atoms with E-state index in [0.717, 1.165) is 55.3 Å². The van der Waals surface area contributed by atoms with Crippen LogP contribution < -0.4 is 4.90 Å². The third-order valence-corrected chi connectivity index (χ3v) is 5.91. The maximum absolute atomic E-state index is 10.8. The third-order valence-electron chi connectivity index (χ3n) is 5.91. The second-order valence-corrected chi connectivity index (χ2v) is 8.45. The van der Waals surface area contributed by atoms with Gasteiger partial charge in [-0.3, -0.25) is 4.90 Å². The molecule has 1 fully saturated rings. The van der Waals surface area contributed by atoms with Crippen LogP contribution in [0, 0.1) is 0 Å². The maximum atomic E-state index is 10.8. The molecule has 3 aromatic rings. The molecule has 1 saturated heterocycles. The number of benzene rings is 2. The normalized spacial score (nSPS) is 15.0. The molecule has 164 valence electrons. The Balaban J connectivity index is 1.56. The fraction of sp³-hybridized carbons (Fsp3) is 0.423. The number of hydrogen-bond acceptors (Lipinski definition) is 5. The van der Waals surface area contributed by atoms with Crippen LogP contribution >= 0.6 is 0 Å². The lowest BCUT2D eigenvalue weighted by molar-refractivity contribution is 0.108. The predicted octanol–water partition coefficient (Wildman–Crippen LogP) is 4.76. The second-order valence-electron chi connectivity index (χ2n) is 8.45. The summed E-state index contributed by atoms with van der Waals surface area (Å²) >= 11 is 0. The van der Waals surface area contributed by atoms with Gasteiger partial charge in [-0.15, -0.1) is 0 Å². The summed E-state index contributed by atoms with van der Waals surface area (Å²) in [6, 6.07) is 20.5. The van der Waals surface area contributed by atoms with Crippen LogP contribution in [0.25, 0.3) is 11.3 Å². The Hall–Kier alpha value is -2.63. The monoisotopic (exact) mass is 419 g/mol. The van der Waals surface area contributed by atoms with Crippen LogP contribution in [-0.2, 0) is 13.0 Å². The highest BCUT2D eigenvalue weighted by Gasteiger charge is 2.26. The fourth-order valence-electron chi connectivity index (χ4n) is 4.46. The SMILES string of the molecule is CCCN(Cc1c(-c2ccccc2)noc1N1CCCC1)CC(O)Cc1ccccc1. The zero-order valence-electron chi connectivity index (χ0n) is 18.4. The lowest BCUT2D eigenvalue weighted by Gasteiger charge is -2.26. The standard InChI is InChI=1S/C26H33N3O2/c1-2-15-28(19-23(30)18-21-11-5-3-6-12-21)20-24-25(22-13-7-4-8-14-22)27-31-26(24)29-16-9-10-17-29/h3-8,11-14,23,30H,2,9-10,15-20H2,1H3. The summed E-state index contributed by atoms with van der Waals surface area (Å²) < 4.78 is 5.90. The lowest BCUT2D eigenvalue weighted by atomic mass is 10.1. The van der Waals surface area contributed by atoms with Crippen molar-refractivity contribution in [3.63, 3.8) is 0 Å². The molecule has 0 radical (unpaired) electrons. The number of anilines is 1. The molecule has 5 heteroatoms. The highest BCUT2D eigenvalue weighted by atomic mass is 16.5. The quantitative estimate of drug-likeness (QED) is 0.514. The van der Waals surface area contributed by atoms with Gasteiger partial charge in [0.25, 0.3) is 0 Å². The van der Waals surface area contributed by atoms with Gasteiger partial charge in [-0.25, -0.2) is 0 Å². The smallest absolute Gasteiger partial charge is 0.232 e. The first-order valence-corrected chi connectivity index (χ1v) is 11.5. The van der Waals surface area contributed by atoms with E-state index in [1.54, 1.807) is 0 Å². The molecule has 0 saturated carbocycles. The maximum Gasteiger partial charge on any atom is 0.232 e. The molecular weight excluding hydrogens is 386 g/mol. The van der Waals surface area contributed by atoms with E-state index in [2.05, 4.69) is 46.1 Å². The summed E-state index contributed by atoms with van der Waals surface area (Å²) in [5.41, 5.74) is 4.29. The van der Waals surface area contributed by atoms with Crippen LogP contribution in [0.2, 0.25) is 0 Å². The minimum absolute atomic E-state index is 0.413. The zero-order valence-corrected chi connectivity index (χ0v) is 18.4. The van der Waals surface area contributed by atoms with Gasteiger partial charge in [0.1, 0.15) is 5.69 Å². The van der Waals surface area contributed by atoms with Crippen LogP contribution in [0.1, 0.15) is 37.3 Å². The Morgan fingerprint density at radius 2 is 1.71 bits per heavy atom. The zero-order chi connectivity index (χ0) is 21.5. The van der Waals surface area contributed by atoms with Crippen LogP contribution in [-0.4, -0.2) is 47.4 Å². The van der Waals surface area contributed by atoms with Crippen molar-refractivity contribution >= 4 is 5.88 Å². The summed E-state index contributed by atoms with van der Waals surface area (Å²) in [7, 11) is 0. The highest BCUT2D eigenvalue weighted by Crippen LogP contribution is 2.34. The summed E-state index contributed by atoms with van der Waals surface area (Å²) in [4.78, 5) is 4.66. The number of nitrogens with zero attached hydrogens (tertiary/aromatic N) is 3. The van der Waals surface area contributed by atoms with Gasteiger partial charge >= 0.3 is 0 Å². The van der Waals surface area contributed by atoms with E-state index in [1.165, 1.54) is 18.4 Å². The van der Waals surface area contributed by atoms with Crippen molar-refractivity contribution in [1.82, 2.24) is 10.1 Å². The molecule has 31 heavy (non-hydrogen) atoms. The van der Waals surface area contributed by atoms with E-state index in [1.807, 2.05) is 36.4 Å². The van der Waals surface area contributed by atoms with Crippen LogP contribution in [0.4, 0.5) is 5.88 Å². The summed E-state index contributed by atoms with van der Waals surface area (Å²) in [5, 5.41) is 15.3. The third kappa shape index (κ3) is 5.54. The Kier molecular flexibility index (Phi) is 7.39. The van der Waals surface area contributed by atoms with E-state index in [0.29, 0.717) is 13.0 Å². The van der Waals surface area contributed by atoms with E-state index in [4.69, 9.17) is 4.52 Å². The van der Waals surface area contributed by atoms with Crippen molar-refractivity contribution in [1.29, 1.82) is 0 Å². The van der Waals surface area contributed by atoms with Gasteiger partial charge < -0.3 is 14.5 Å². The van der Waals surface area contributed by atoms with Gasteiger partial charge in [0, 0.05) is 31.7 Å². The first-order chi connectivity index (χ1) is 15.2. The molecule has 1 aromatic heterocycles. The summed E-state index contributed by atoms with van der Waals surface area (Å²) in [5.74, 6) is 0.898. The minimum atomic E-state index is -0.413. The average Bonchev–Trinajstić information content (AvgIpc) is 3.45. The molecule has 1 N–H and O–H groups in total. The van der Waals surface area contributed by atoms with Crippen molar-refractivity contribution in [3.05, 3.63) is 71.8 Å². The van der Waals surface area contributed by atoms with Crippen LogP contribution in [0.15, 0.2) is 65.2 Å². The van der Waals surface area contributed by atoms with Gasteiger partial charge in [0.05, 0.1) is 11.7 Å². The second kappa shape index (κ2) is 10.6. The van der Waals surface area contributed by atoms with Gasteiger partial charge in [0.2, 0.25) is 5.88 Å². The van der Waals surface area contributed by atoms with Crippen molar-refractivity contribution in [3.8, 4) is 11.3 Å². The number of aliphatic hydroxyl groups is 1. The van der Waals surface area contributed by atoms with E-state index in [9.17, 15) is 5.11 Å². The predicted molar refractivity (Wildman–Crippen MR) is 125 cm³/mol. The number of hydrogen-bond donors (Lipinski definition) is 1. The summed E-state index contributed by atoms with van der Waals surface area (Å²) in [6.07, 6.45) is 3.66. The molecule has 1 aliphatic rings. The molecule has 1 aliphatic heterocycles. The molecule has 5 nitrogen and oxygen atoms in total. The van der Waals surface area contributed by atoms with Crippen LogP contribution in [0.3, 0.4) is 0 Å². The average molecular weight is 420 g/mol. The van der Waals surface area contributed by atoms with Crippen molar-refractivity contribution < 1.29 is 9.63 Å². The van der Waals surface area contributed by atoms with E-state index < -0.39 is 6.10 Å². The van der Waals surface area contributed by atoms with Gasteiger partial charge in [0.15, 0.2) is 0 Å². The number of aliphatic hydroxyl groups excluding tert-OH is 1. The van der Waals surface area contributed by atoms with E-state index >= 15 is 0 Å². The first-order valence-electron chi connectivity index (χ1n) is 11.5. The highest BCUT2D eigenvalue weighted by molar-refractivity contribution is 5.68. The fourth-order valence-corrected chi connectivity index (χ4v) is 4.46. The van der Waals surface area contributed by atoms with Gasteiger partial charge in [-0.05, 0) is 37.8 Å². The Morgan fingerprint density at radius 3 is 2.39 bits per heavy atom. The molecule has 0 amide bonds. The van der Waals surface area contributed by atoms with Crippen molar-refractivity contribution in [2.24, 2.45) is 0 Å². The van der Waals surface area contributed by atoms with E-state index in [-0.39, 0.29) is 0 Å². The molecule has 1 atom stereocenters. The lowest BCUT2D eigenvalue weighted by Crippen LogP contribution is -2.34. The van der Waals surface area contributed by atoms with Gasteiger partial charge in [-0.1, -0.05) is 72.7 Å². The number of aromatic nitrogens is 1. The topological polar surface area (TPSA) is 52.7 Å². The Bertz CT molecular complexity index is 920. The Labute approximate surface area is 185 Å². The van der Waals surface area contributed by atoms with Crippen molar-refractivity contribution in [2.75, 3.05) is 31.1 Å². The largest absolute Gasteiger partial charge is 0.391 e. The molecule has 2 heterocycles. The molecule has 4 rings (SSSR count). The molecule has 0 bridgehead atoms. The van der Waals surface area contributed by atoms with Crippen molar-refractivity contribution in [2.45, 2.75) is 45.3 Å². The number of rotatable bonds is 10. The molecule has 1 unspecified atom stereocenters.